The molecule has 0 unspecified atom stereocenters. The van der Waals surface area contributed by atoms with Crippen LogP contribution in [-0.2, 0) is 13.1 Å². The Bertz CT molecular complexity index is 1360. The molecule has 0 aliphatic rings. The van der Waals surface area contributed by atoms with Crippen molar-refractivity contribution in [2.75, 3.05) is 0 Å². The number of rotatable bonds is 7. The average molecular weight is 462 g/mol. The largest absolute Gasteiger partial charge is 0.411 e. The van der Waals surface area contributed by atoms with Gasteiger partial charge in [0.1, 0.15) is 0 Å². The minimum atomic E-state index is -0.952. The molecule has 0 aliphatic carbocycles. The number of carbonyl (C=O) groups is 1. The molecule has 7 heteroatoms. The highest BCUT2D eigenvalue weighted by atomic mass is 19.2. The summed E-state index contributed by atoms with van der Waals surface area (Å²) in [5, 5.41) is 15.7. The van der Waals surface area contributed by atoms with Crippen LogP contribution >= 0.6 is 0 Å². The fourth-order valence-electron chi connectivity index (χ4n) is 4.23. The molecule has 1 aromatic heterocycles. The monoisotopic (exact) mass is 461 g/mol. The van der Waals surface area contributed by atoms with Crippen molar-refractivity contribution < 1.29 is 18.8 Å². The van der Waals surface area contributed by atoms with Gasteiger partial charge in [0.15, 0.2) is 11.6 Å². The molecule has 0 spiro atoms. The third-order valence-corrected chi connectivity index (χ3v) is 5.73. The Morgan fingerprint density at radius 2 is 1.79 bits per heavy atom. The third-order valence-electron chi connectivity index (χ3n) is 5.73. The number of aromatic nitrogens is 1. The molecule has 0 aliphatic heterocycles. The van der Waals surface area contributed by atoms with Gasteiger partial charge in [0, 0.05) is 24.2 Å². The molecule has 0 saturated heterocycles. The van der Waals surface area contributed by atoms with E-state index in [9.17, 15) is 13.6 Å². The second-order valence-corrected chi connectivity index (χ2v) is 8.44. The SMILES string of the molecule is CC(C)c1c(C(=O)NCc2ccc(F)c(F)c2)c2ccc(/C=N/O)cc2n1Cc1ccccc1. The van der Waals surface area contributed by atoms with Gasteiger partial charge in [-0.1, -0.05) is 67.5 Å². The molecule has 4 aromatic rings. The van der Waals surface area contributed by atoms with Gasteiger partial charge in [0.2, 0.25) is 0 Å². The van der Waals surface area contributed by atoms with Gasteiger partial charge >= 0.3 is 0 Å². The molecule has 0 fully saturated rings. The smallest absolute Gasteiger partial charge is 0.254 e. The Balaban J connectivity index is 1.80. The quantitative estimate of drug-likeness (QED) is 0.207. The first-order valence-corrected chi connectivity index (χ1v) is 11.0. The van der Waals surface area contributed by atoms with E-state index in [2.05, 4.69) is 15.0 Å². The van der Waals surface area contributed by atoms with Crippen molar-refractivity contribution in [2.24, 2.45) is 5.16 Å². The second kappa shape index (κ2) is 9.87. The Labute approximate surface area is 196 Å². The minimum absolute atomic E-state index is 0.0232. The standard InChI is InChI=1S/C27H25F2N3O2/c1-17(2)26-25(27(33)30-14-19-9-11-22(28)23(29)12-19)21-10-8-20(15-31-34)13-24(21)32(26)16-18-6-4-3-5-7-18/h3-13,15,17,34H,14,16H2,1-2H3,(H,30,33)/b31-15+. The summed E-state index contributed by atoms with van der Waals surface area (Å²) in [6.07, 6.45) is 1.34. The summed E-state index contributed by atoms with van der Waals surface area (Å²) in [6.45, 7) is 4.67. The van der Waals surface area contributed by atoms with E-state index in [0.29, 0.717) is 23.2 Å². The van der Waals surface area contributed by atoms with Crippen LogP contribution in [0.1, 0.15) is 52.5 Å². The number of fused-ring (bicyclic) bond motifs is 1. The van der Waals surface area contributed by atoms with Gasteiger partial charge in [0.05, 0.1) is 17.3 Å². The molecule has 174 valence electrons. The van der Waals surface area contributed by atoms with Crippen molar-refractivity contribution in [3.8, 4) is 0 Å². The molecule has 2 N–H and O–H groups in total. The first kappa shape index (κ1) is 23.2. The first-order chi connectivity index (χ1) is 16.4. The first-order valence-electron chi connectivity index (χ1n) is 11.0. The van der Waals surface area contributed by atoms with Crippen molar-refractivity contribution >= 4 is 23.0 Å². The lowest BCUT2D eigenvalue weighted by atomic mass is 10.0. The molecule has 5 nitrogen and oxygen atoms in total. The van der Waals surface area contributed by atoms with E-state index in [-0.39, 0.29) is 18.4 Å². The average Bonchev–Trinajstić information content (AvgIpc) is 3.14. The third kappa shape index (κ3) is 4.69. The maximum atomic E-state index is 13.6. The van der Waals surface area contributed by atoms with Gasteiger partial charge in [-0.3, -0.25) is 4.79 Å². The van der Waals surface area contributed by atoms with Crippen LogP contribution in [0, 0.1) is 11.6 Å². The Hall–Kier alpha value is -4.00. The predicted octanol–water partition coefficient (Wildman–Crippen LogP) is 5.83. The Morgan fingerprint density at radius 3 is 2.47 bits per heavy atom. The summed E-state index contributed by atoms with van der Waals surface area (Å²) >= 11 is 0. The van der Waals surface area contributed by atoms with E-state index in [1.165, 1.54) is 12.3 Å². The van der Waals surface area contributed by atoms with E-state index in [1.807, 2.05) is 56.3 Å². The molecule has 4 rings (SSSR count). The van der Waals surface area contributed by atoms with E-state index >= 15 is 0 Å². The highest BCUT2D eigenvalue weighted by Crippen LogP contribution is 2.33. The summed E-state index contributed by atoms with van der Waals surface area (Å²) in [5.41, 5.74) is 4.48. The van der Waals surface area contributed by atoms with Gasteiger partial charge in [0.25, 0.3) is 5.91 Å². The topological polar surface area (TPSA) is 66.6 Å². The number of oxime groups is 1. The molecule has 3 aromatic carbocycles. The maximum Gasteiger partial charge on any atom is 0.254 e. The lowest BCUT2D eigenvalue weighted by Gasteiger charge is -2.16. The summed E-state index contributed by atoms with van der Waals surface area (Å²) in [4.78, 5) is 13.4. The number of nitrogens with zero attached hydrogens (tertiary/aromatic N) is 2. The predicted molar refractivity (Wildman–Crippen MR) is 128 cm³/mol. The zero-order valence-corrected chi connectivity index (χ0v) is 18.9. The number of amides is 1. The molecule has 0 atom stereocenters. The van der Waals surface area contributed by atoms with Crippen LogP contribution in [-0.4, -0.2) is 21.9 Å². The summed E-state index contributed by atoms with van der Waals surface area (Å²) in [5.74, 6) is -2.15. The van der Waals surface area contributed by atoms with Gasteiger partial charge in [-0.2, -0.15) is 0 Å². The number of hydrogen-bond donors (Lipinski definition) is 2. The normalized spacial score (nSPS) is 11.6. The zero-order valence-electron chi connectivity index (χ0n) is 18.9. The van der Waals surface area contributed by atoms with Gasteiger partial charge in [-0.25, -0.2) is 8.78 Å². The van der Waals surface area contributed by atoms with E-state index in [4.69, 9.17) is 5.21 Å². The second-order valence-electron chi connectivity index (χ2n) is 8.44. The maximum absolute atomic E-state index is 13.6. The van der Waals surface area contributed by atoms with E-state index in [1.54, 1.807) is 6.07 Å². The molecule has 0 bridgehead atoms. The highest BCUT2D eigenvalue weighted by molar-refractivity contribution is 6.09. The molecule has 1 amide bonds. The van der Waals surface area contributed by atoms with Crippen LogP contribution in [0.15, 0.2) is 71.9 Å². The number of carbonyl (C=O) groups excluding carboxylic acids is 1. The van der Waals surface area contributed by atoms with E-state index < -0.39 is 11.6 Å². The van der Waals surface area contributed by atoms with Crippen LogP contribution in [0.4, 0.5) is 8.78 Å². The van der Waals surface area contributed by atoms with Crippen LogP contribution in [0.2, 0.25) is 0 Å². The molecular formula is C27H25F2N3O2. The molecule has 34 heavy (non-hydrogen) atoms. The van der Waals surface area contributed by atoms with Crippen LogP contribution < -0.4 is 5.32 Å². The van der Waals surface area contributed by atoms with Crippen LogP contribution in [0.5, 0.6) is 0 Å². The molecule has 0 radical (unpaired) electrons. The fraction of sp³-hybridized carbons (Fsp3) is 0.185. The van der Waals surface area contributed by atoms with Gasteiger partial charge in [-0.05, 0) is 40.8 Å². The molecular weight excluding hydrogens is 436 g/mol. The Kier molecular flexibility index (Phi) is 6.72. The van der Waals surface area contributed by atoms with Crippen molar-refractivity contribution in [3.05, 3.63) is 106 Å². The van der Waals surface area contributed by atoms with Gasteiger partial charge in [-0.15, -0.1) is 0 Å². The van der Waals surface area contributed by atoms with E-state index in [0.717, 1.165) is 34.3 Å². The van der Waals surface area contributed by atoms with Crippen molar-refractivity contribution in [3.63, 3.8) is 0 Å². The lowest BCUT2D eigenvalue weighted by Crippen LogP contribution is -2.24. The summed E-state index contributed by atoms with van der Waals surface area (Å²) in [6, 6.07) is 19.0. The number of hydrogen-bond acceptors (Lipinski definition) is 3. The lowest BCUT2D eigenvalue weighted by molar-refractivity contribution is 0.0951. The number of benzene rings is 3. The zero-order chi connectivity index (χ0) is 24.2. The highest BCUT2D eigenvalue weighted by Gasteiger charge is 2.25. The Morgan fingerprint density at radius 1 is 1.03 bits per heavy atom. The fourth-order valence-corrected chi connectivity index (χ4v) is 4.23. The number of nitrogens with one attached hydrogen (secondary N) is 1. The summed E-state index contributed by atoms with van der Waals surface area (Å²) in [7, 11) is 0. The minimum Gasteiger partial charge on any atom is -0.411 e. The van der Waals surface area contributed by atoms with Crippen LogP contribution in [0.25, 0.3) is 10.9 Å². The van der Waals surface area contributed by atoms with Gasteiger partial charge < -0.3 is 15.1 Å². The summed E-state index contributed by atoms with van der Waals surface area (Å²) < 4.78 is 29.0. The molecule has 0 saturated carbocycles. The van der Waals surface area contributed by atoms with Crippen molar-refractivity contribution in [1.29, 1.82) is 0 Å². The van der Waals surface area contributed by atoms with Crippen LogP contribution in [0.3, 0.4) is 0 Å². The molecule has 1 heterocycles. The number of halogens is 2. The van der Waals surface area contributed by atoms with Crippen molar-refractivity contribution in [2.45, 2.75) is 32.9 Å². The van der Waals surface area contributed by atoms with Crippen molar-refractivity contribution in [1.82, 2.24) is 9.88 Å².